The molecule has 5 aliphatic rings. The molecule has 0 bridgehead atoms. The van der Waals surface area contributed by atoms with Crippen LogP contribution in [-0.4, -0.2) is 6.85 Å². The third-order valence-corrected chi connectivity index (χ3v) is 17.6. The Bertz CT molecular complexity index is 3540. The van der Waals surface area contributed by atoms with Gasteiger partial charge in [0, 0.05) is 48.5 Å². The van der Waals surface area contributed by atoms with E-state index in [0.717, 1.165) is 0 Å². The largest absolute Gasteiger partial charge is 0.376 e. The van der Waals surface area contributed by atoms with Crippen molar-refractivity contribution < 1.29 is 0 Å². The summed E-state index contributed by atoms with van der Waals surface area (Å²) >= 11 is 1.92. The number of fused-ring (bicyclic) bond motifs is 17. The summed E-state index contributed by atoms with van der Waals surface area (Å²) in [6, 6.07) is 61.9. The van der Waals surface area contributed by atoms with E-state index in [9.17, 15) is 0 Å². The maximum absolute atomic E-state index is 2.78. The Labute approximate surface area is 387 Å². The lowest BCUT2D eigenvalue weighted by Crippen LogP contribution is -2.62. The van der Waals surface area contributed by atoms with Gasteiger partial charge in [-0.25, -0.2) is 0 Å². The maximum atomic E-state index is 2.78. The van der Waals surface area contributed by atoms with Crippen molar-refractivity contribution in [2.75, 3.05) is 9.71 Å². The van der Waals surface area contributed by atoms with Crippen molar-refractivity contribution >= 4 is 77.7 Å². The van der Waals surface area contributed by atoms with E-state index in [1.807, 2.05) is 11.3 Å². The summed E-state index contributed by atoms with van der Waals surface area (Å²) in [7, 11) is 0. The molecule has 0 saturated carbocycles. The molecule has 0 saturated heterocycles. The first-order valence-corrected chi connectivity index (χ1v) is 24.5. The van der Waals surface area contributed by atoms with E-state index in [4.69, 9.17) is 0 Å². The number of hydrogen-bond acceptors (Lipinski definition) is 3. The van der Waals surface area contributed by atoms with Crippen LogP contribution in [0.25, 0.3) is 42.4 Å². The van der Waals surface area contributed by atoms with Crippen LogP contribution in [0.3, 0.4) is 0 Å². The molecule has 0 unspecified atom stereocenters. The zero-order chi connectivity index (χ0) is 43.9. The quantitative estimate of drug-likeness (QED) is 0.152. The number of thiophene rings is 1. The van der Waals surface area contributed by atoms with Gasteiger partial charge < -0.3 is 9.71 Å². The molecule has 3 aliphatic heterocycles. The summed E-state index contributed by atoms with van der Waals surface area (Å²) in [6.07, 6.45) is 2.37. The average molecular weight is 855 g/mol. The van der Waals surface area contributed by atoms with E-state index >= 15 is 0 Å². The topological polar surface area (TPSA) is 6.48 Å². The van der Waals surface area contributed by atoms with E-state index < -0.39 is 5.41 Å². The highest BCUT2D eigenvalue weighted by atomic mass is 32.1. The first kappa shape index (κ1) is 38.0. The minimum Gasteiger partial charge on any atom is -0.376 e. The minimum absolute atomic E-state index is 0.0618. The molecule has 14 rings (SSSR count). The maximum Gasteiger partial charge on any atom is 0.333 e. The summed E-state index contributed by atoms with van der Waals surface area (Å²) in [6.45, 7) is 16.9. The van der Waals surface area contributed by atoms with E-state index in [1.54, 1.807) is 0 Å². The number of anilines is 5. The molecule has 314 valence electrons. The standard InChI is InChI=1S/C61H51BN2S/c1-58(2,3)36-31-43-41-35-55-42(40-19-10-15-26-54(40)65-55)34-52(41)64(37-27-28-46-49(33-37)60(6,7)30-29-59(46,4)5)62-50-24-16-23-48-57(50)63(53(32-36)56(43)62)51-25-14-13-22-47(51)61(48)44-20-11-8-17-38(44)39-18-9-12-21-45(39)61/h8-28,31-35H,29-30H2,1-7H3. The van der Waals surface area contributed by atoms with Crippen LogP contribution in [0.4, 0.5) is 28.4 Å². The van der Waals surface area contributed by atoms with Crippen molar-refractivity contribution in [1.82, 2.24) is 0 Å². The molecule has 1 spiro atoms. The second kappa shape index (κ2) is 12.5. The van der Waals surface area contributed by atoms with Gasteiger partial charge in [0.1, 0.15) is 0 Å². The van der Waals surface area contributed by atoms with Gasteiger partial charge in [0.25, 0.3) is 0 Å². The van der Waals surface area contributed by atoms with Crippen molar-refractivity contribution in [3.8, 4) is 22.3 Å². The normalized spacial score (nSPS) is 17.3. The van der Waals surface area contributed by atoms with Crippen LogP contribution in [0.15, 0.2) is 158 Å². The number of para-hydroxylation sites is 2. The van der Waals surface area contributed by atoms with Crippen LogP contribution in [-0.2, 0) is 21.7 Å². The molecular formula is C61H51BN2S. The first-order valence-electron chi connectivity index (χ1n) is 23.7. The van der Waals surface area contributed by atoms with Gasteiger partial charge >= 0.3 is 6.85 Å². The highest BCUT2D eigenvalue weighted by molar-refractivity contribution is 7.25. The number of rotatable bonds is 1. The molecule has 2 aliphatic carbocycles. The molecular weight excluding hydrogens is 804 g/mol. The fourth-order valence-corrected chi connectivity index (χ4v) is 14.3. The molecule has 0 N–H and O–H groups in total. The van der Waals surface area contributed by atoms with Crippen LogP contribution >= 0.6 is 11.3 Å². The molecule has 0 atom stereocenters. The van der Waals surface area contributed by atoms with E-state index in [2.05, 4.69) is 216 Å². The van der Waals surface area contributed by atoms with Crippen LogP contribution in [0.2, 0.25) is 0 Å². The van der Waals surface area contributed by atoms with E-state index in [-0.39, 0.29) is 23.1 Å². The second-order valence-corrected chi connectivity index (χ2v) is 23.0. The van der Waals surface area contributed by atoms with Gasteiger partial charge in [0.05, 0.1) is 11.1 Å². The van der Waals surface area contributed by atoms with Gasteiger partial charge in [-0.05, 0) is 138 Å². The highest BCUT2D eigenvalue weighted by Crippen LogP contribution is 2.64. The molecule has 1 aromatic heterocycles. The Morgan fingerprint density at radius 3 is 1.91 bits per heavy atom. The lowest BCUT2D eigenvalue weighted by atomic mass is 9.42. The number of nitrogens with zero attached hydrogens (tertiary/aromatic N) is 2. The Morgan fingerprint density at radius 2 is 1.15 bits per heavy atom. The van der Waals surface area contributed by atoms with Crippen molar-refractivity contribution in [2.24, 2.45) is 0 Å². The zero-order valence-electron chi connectivity index (χ0n) is 38.3. The van der Waals surface area contributed by atoms with Crippen molar-refractivity contribution in [1.29, 1.82) is 0 Å². The summed E-state index contributed by atoms with van der Waals surface area (Å²) in [5, 5.41) is 2.67. The van der Waals surface area contributed by atoms with Gasteiger partial charge in [-0.3, -0.25) is 0 Å². The van der Waals surface area contributed by atoms with Gasteiger partial charge in [-0.2, -0.15) is 0 Å². The molecule has 65 heavy (non-hydrogen) atoms. The minimum atomic E-state index is -0.492. The van der Waals surface area contributed by atoms with Crippen molar-refractivity contribution in [3.05, 3.63) is 197 Å². The first-order chi connectivity index (χ1) is 31.4. The molecule has 8 aromatic carbocycles. The summed E-state index contributed by atoms with van der Waals surface area (Å²) in [4.78, 5) is 5.47. The summed E-state index contributed by atoms with van der Waals surface area (Å²) in [5.41, 5.74) is 23.9. The van der Waals surface area contributed by atoms with Crippen LogP contribution in [0.5, 0.6) is 0 Å². The van der Waals surface area contributed by atoms with Gasteiger partial charge in [0.2, 0.25) is 0 Å². The van der Waals surface area contributed by atoms with Gasteiger partial charge in [-0.1, -0.05) is 164 Å². The van der Waals surface area contributed by atoms with Crippen LogP contribution in [0.1, 0.15) is 100 Å². The smallest absolute Gasteiger partial charge is 0.333 e. The number of hydrogen-bond donors (Lipinski definition) is 0. The fourth-order valence-electron chi connectivity index (χ4n) is 13.2. The summed E-state index contributed by atoms with van der Waals surface area (Å²) in [5.74, 6) is 0. The van der Waals surface area contributed by atoms with Crippen LogP contribution in [0, 0.1) is 0 Å². The molecule has 0 amide bonds. The third-order valence-electron chi connectivity index (χ3n) is 16.4. The zero-order valence-corrected chi connectivity index (χ0v) is 39.1. The lowest BCUT2D eigenvalue weighted by molar-refractivity contribution is 0.332. The van der Waals surface area contributed by atoms with Gasteiger partial charge in [-0.15, -0.1) is 11.3 Å². The predicted octanol–water partition coefficient (Wildman–Crippen LogP) is 15.1. The second-order valence-electron chi connectivity index (χ2n) is 21.9. The highest BCUT2D eigenvalue weighted by Gasteiger charge is 2.56. The Kier molecular flexibility index (Phi) is 7.30. The monoisotopic (exact) mass is 854 g/mol. The van der Waals surface area contributed by atoms with Crippen LogP contribution < -0.4 is 20.6 Å². The molecule has 2 nitrogen and oxygen atoms in total. The van der Waals surface area contributed by atoms with E-state index in [1.165, 1.54) is 134 Å². The summed E-state index contributed by atoms with van der Waals surface area (Å²) < 4.78 is 2.68. The fraction of sp³-hybridized carbons (Fsp3) is 0.213. The molecule has 4 heteroatoms. The van der Waals surface area contributed by atoms with Gasteiger partial charge in [0.15, 0.2) is 0 Å². The van der Waals surface area contributed by atoms with Crippen molar-refractivity contribution in [2.45, 2.75) is 83.0 Å². The molecule has 9 aromatic rings. The Morgan fingerprint density at radius 1 is 0.492 bits per heavy atom. The molecule has 4 heterocycles. The SMILES string of the molecule is CC(C)(C)c1cc2c3c(c1)N1c4ccccc4C4(c5ccccc5-c5ccccc54)c4cccc(c41)B3N(c1ccc3c(c1)C(C)(C)CCC3(C)C)c1cc3c(cc1-2)sc1ccccc13. The number of benzene rings is 8. The Hall–Kier alpha value is -6.36. The lowest BCUT2D eigenvalue weighted by Gasteiger charge is -2.52. The Balaban J connectivity index is 1.15. The molecule has 0 fully saturated rings. The van der Waals surface area contributed by atoms with Crippen molar-refractivity contribution in [3.63, 3.8) is 0 Å². The molecule has 0 radical (unpaired) electrons. The predicted molar refractivity (Wildman–Crippen MR) is 278 cm³/mol. The van der Waals surface area contributed by atoms with E-state index in [0.29, 0.717) is 0 Å². The average Bonchev–Trinajstić information content (AvgIpc) is 3.82. The third kappa shape index (κ3) is 4.76.